The van der Waals surface area contributed by atoms with Gasteiger partial charge in [0.25, 0.3) is 0 Å². The van der Waals surface area contributed by atoms with E-state index in [1.807, 2.05) is 6.92 Å². The molecule has 1 N–H and O–H groups in total. The van der Waals surface area contributed by atoms with Gasteiger partial charge in [0.15, 0.2) is 0 Å². The minimum atomic E-state index is -3.86. The molecule has 0 radical (unpaired) electrons. The molecule has 0 aliphatic carbocycles. The van der Waals surface area contributed by atoms with Crippen LogP contribution in [0.15, 0.2) is 23.1 Å². The van der Waals surface area contributed by atoms with Crippen LogP contribution in [0.1, 0.15) is 27.2 Å². The number of benzene rings is 1. The molecule has 0 bridgehead atoms. The smallest absolute Gasteiger partial charge is 0.207 e. The zero-order valence-corrected chi connectivity index (χ0v) is 11.5. The van der Waals surface area contributed by atoms with Crippen LogP contribution >= 0.6 is 11.6 Å². The first-order valence-corrected chi connectivity index (χ1v) is 7.03. The van der Waals surface area contributed by atoms with Crippen LogP contribution in [0.25, 0.3) is 0 Å². The van der Waals surface area contributed by atoms with Crippen LogP contribution in [-0.2, 0) is 10.0 Å². The first-order valence-electron chi connectivity index (χ1n) is 5.17. The molecule has 6 heteroatoms. The Hall–Kier alpha value is -0.650. The fourth-order valence-electron chi connectivity index (χ4n) is 1.18. The topological polar surface area (TPSA) is 46.2 Å². The quantitative estimate of drug-likeness (QED) is 0.921. The van der Waals surface area contributed by atoms with Crippen molar-refractivity contribution in [1.29, 1.82) is 0 Å². The Morgan fingerprint density at radius 1 is 1.41 bits per heavy atom. The fourth-order valence-corrected chi connectivity index (χ4v) is 2.89. The Morgan fingerprint density at radius 3 is 2.47 bits per heavy atom. The van der Waals surface area contributed by atoms with Crippen molar-refractivity contribution in [2.24, 2.45) is 0 Å². The summed E-state index contributed by atoms with van der Waals surface area (Å²) in [5.41, 5.74) is -0.620. The molecule has 1 aromatic rings. The van der Waals surface area contributed by atoms with Gasteiger partial charge in [0.1, 0.15) is 10.7 Å². The lowest BCUT2D eigenvalue weighted by atomic mass is 10.0. The van der Waals surface area contributed by atoms with E-state index < -0.39 is 21.4 Å². The van der Waals surface area contributed by atoms with Gasteiger partial charge in [0.2, 0.25) is 10.0 Å². The summed E-state index contributed by atoms with van der Waals surface area (Å²) in [4.78, 5) is -0.386. The molecule has 0 fully saturated rings. The van der Waals surface area contributed by atoms with E-state index in [9.17, 15) is 12.8 Å². The molecule has 0 atom stereocenters. The Labute approximate surface area is 106 Å². The molecule has 0 spiro atoms. The maximum Gasteiger partial charge on any atom is 0.243 e. The lowest BCUT2D eigenvalue weighted by molar-refractivity contribution is 0.437. The van der Waals surface area contributed by atoms with Gasteiger partial charge >= 0.3 is 0 Å². The summed E-state index contributed by atoms with van der Waals surface area (Å²) in [7, 11) is -3.86. The molecular weight excluding hydrogens is 265 g/mol. The van der Waals surface area contributed by atoms with Crippen molar-refractivity contribution in [2.45, 2.75) is 37.6 Å². The highest BCUT2D eigenvalue weighted by Crippen LogP contribution is 2.21. The zero-order chi connectivity index (χ0) is 13.3. The van der Waals surface area contributed by atoms with E-state index in [1.54, 1.807) is 13.8 Å². The molecule has 0 aromatic heterocycles. The zero-order valence-electron chi connectivity index (χ0n) is 9.92. The number of nitrogens with one attached hydrogen (secondary N) is 1. The van der Waals surface area contributed by atoms with E-state index in [2.05, 4.69) is 4.72 Å². The number of hydrogen-bond acceptors (Lipinski definition) is 2. The van der Waals surface area contributed by atoms with Crippen LogP contribution in [0.4, 0.5) is 4.39 Å². The van der Waals surface area contributed by atoms with Crippen molar-refractivity contribution in [3.8, 4) is 0 Å². The SMILES string of the molecule is CCC(C)(C)NS(=O)(=O)c1ccc(Cl)cc1F. The standard InChI is InChI=1S/C11H15ClFNO2S/c1-4-11(2,3)14-17(15,16)10-6-5-8(12)7-9(10)13/h5-7,14H,4H2,1-3H3. The highest BCUT2D eigenvalue weighted by atomic mass is 35.5. The van der Waals surface area contributed by atoms with Crippen LogP contribution in [0, 0.1) is 5.82 Å². The highest BCUT2D eigenvalue weighted by Gasteiger charge is 2.26. The molecule has 0 unspecified atom stereocenters. The highest BCUT2D eigenvalue weighted by molar-refractivity contribution is 7.89. The lowest BCUT2D eigenvalue weighted by Gasteiger charge is -2.24. The second-order valence-electron chi connectivity index (χ2n) is 4.42. The van der Waals surface area contributed by atoms with Crippen molar-refractivity contribution < 1.29 is 12.8 Å². The molecule has 0 saturated heterocycles. The van der Waals surface area contributed by atoms with Crippen LogP contribution in [0.2, 0.25) is 5.02 Å². The minimum absolute atomic E-state index is 0.163. The molecule has 3 nitrogen and oxygen atoms in total. The number of sulfonamides is 1. The molecule has 0 amide bonds. The van der Waals surface area contributed by atoms with Gasteiger partial charge < -0.3 is 0 Å². The molecule has 17 heavy (non-hydrogen) atoms. The monoisotopic (exact) mass is 279 g/mol. The van der Waals surface area contributed by atoms with E-state index >= 15 is 0 Å². The predicted octanol–water partition coefficient (Wildman–Crippen LogP) is 2.95. The second-order valence-corrected chi connectivity index (χ2v) is 6.50. The predicted molar refractivity (Wildman–Crippen MR) is 66.1 cm³/mol. The summed E-state index contributed by atoms with van der Waals surface area (Å²) < 4.78 is 39.9. The molecule has 96 valence electrons. The summed E-state index contributed by atoms with van der Waals surface area (Å²) in [5.74, 6) is -0.850. The Morgan fingerprint density at radius 2 is 2.00 bits per heavy atom. The van der Waals surface area contributed by atoms with Crippen molar-refractivity contribution in [3.05, 3.63) is 29.0 Å². The summed E-state index contributed by atoms with van der Waals surface area (Å²) >= 11 is 5.57. The first-order chi connectivity index (χ1) is 7.68. The Kier molecular flexibility index (Phi) is 4.17. The third kappa shape index (κ3) is 3.66. The molecule has 0 saturated carbocycles. The third-order valence-electron chi connectivity index (χ3n) is 2.48. The maximum atomic E-state index is 13.5. The van der Waals surface area contributed by atoms with Crippen molar-refractivity contribution in [3.63, 3.8) is 0 Å². The number of rotatable bonds is 4. The molecule has 1 rings (SSSR count). The van der Waals surface area contributed by atoms with Crippen LogP contribution in [0.5, 0.6) is 0 Å². The Bertz CT molecular complexity index is 514. The van der Waals surface area contributed by atoms with Crippen molar-refractivity contribution >= 4 is 21.6 Å². The average molecular weight is 280 g/mol. The van der Waals surface area contributed by atoms with E-state index in [0.29, 0.717) is 6.42 Å². The number of hydrogen-bond donors (Lipinski definition) is 1. The van der Waals surface area contributed by atoms with Gasteiger partial charge in [0, 0.05) is 10.6 Å². The normalized spacial score (nSPS) is 12.8. The summed E-state index contributed by atoms with van der Waals surface area (Å²) in [6.07, 6.45) is 0.599. The number of halogens is 2. The molecule has 0 aliphatic heterocycles. The fraction of sp³-hybridized carbons (Fsp3) is 0.455. The van der Waals surface area contributed by atoms with Gasteiger partial charge in [-0.05, 0) is 38.5 Å². The van der Waals surface area contributed by atoms with E-state index in [0.717, 1.165) is 12.1 Å². The summed E-state index contributed by atoms with van der Waals surface area (Å²) in [6, 6.07) is 3.49. The van der Waals surface area contributed by atoms with E-state index in [4.69, 9.17) is 11.6 Å². The molecule has 1 aromatic carbocycles. The van der Waals surface area contributed by atoms with E-state index in [1.165, 1.54) is 6.07 Å². The molecule has 0 heterocycles. The van der Waals surface area contributed by atoms with Gasteiger partial charge in [-0.25, -0.2) is 17.5 Å². The van der Waals surface area contributed by atoms with Gasteiger partial charge in [-0.2, -0.15) is 0 Å². The lowest BCUT2D eigenvalue weighted by Crippen LogP contribution is -2.42. The van der Waals surface area contributed by atoms with Crippen molar-refractivity contribution in [2.75, 3.05) is 0 Å². The second kappa shape index (κ2) is 4.92. The van der Waals surface area contributed by atoms with Crippen LogP contribution < -0.4 is 4.72 Å². The summed E-state index contributed by atoms with van der Waals surface area (Å²) in [6.45, 7) is 5.32. The average Bonchev–Trinajstić information content (AvgIpc) is 2.15. The summed E-state index contributed by atoms with van der Waals surface area (Å²) in [5, 5.41) is 0.163. The Balaban J connectivity index is 3.14. The van der Waals surface area contributed by atoms with Crippen LogP contribution in [0.3, 0.4) is 0 Å². The van der Waals surface area contributed by atoms with E-state index in [-0.39, 0.29) is 9.92 Å². The van der Waals surface area contributed by atoms with Crippen LogP contribution in [-0.4, -0.2) is 14.0 Å². The van der Waals surface area contributed by atoms with Gasteiger partial charge in [0.05, 0.1) is 0 Å². The maximum absolute atomic E-state index is 13.5. The van der Waals surface area contributed by atoms with Crippen molar-refractivity contribution in [1.82, 2.24) is 4.72 Å². The van der Waals surface area contributed by atoms with Gasteiger partial charge in [-0.1, -0.05) is 18.5 Å². The van der Waals surface area contributed by atoms with Gasteiger partial charge in [-0.3, -0.25) is 0 Å². The third-order valence-corrected chi connectivity index (χ3v) is 4.44. The molecule has 0 aliphatic rings. The first kappa shape index (κ1) is 14.4. The van der Waals surface area contributed by atoms with Gasteiger partial charge in [-0.15, -0.1) is 0 Å². The molecular formula is C11H15ClFNO2S. The largest absolute Gasteiger partial charge is 0.243 e. The minimum Gasteiger partial charge on any atom is -0.207 e.